The summed E-state index contributed by atoms with van der Waals surface area (Å²) in [6.45, 7) is 2.99. The number of aliphatic carboxylic acids is 1. The van der Waals surface area contributed by atoms with Crippen LogP contribution in [-0.2, 0) is 14.8 Å². The van der Waals surface area contributed by atoms with E-state index in [4.69, 9.17) is 0 Å². The molecule has 9 heteroatoms. The molecule has 0 aromatic heterocycles. The second-order valence-corrected chi connectivity index (χ2v) is 6.87. The molecule has 1 aromatic carbocycles. The first-order valence-electron chi connectivity index (χ1n) is 6.01. The minimum Gasteiger partial charge on any atom is -0.480 e. The maximum Gasteiger partial charge on any atom is 0.324 e. The van der Waals surface area contributed by atoms with Crippen LogP contribution in [0.15, 0.2) is 21.5 Å². The Morgan fingerprint density at radius 2 is 1.86 bits per heavy atom. The van der Waals surface area contributed by atoms with E-state index in [0.29, 0.717) is 6.07 Å². The Morgan fingerprint density at radius 3 is 2.24 bits per heavy atom. The Bertz CT molecular complexity index is 636. The zero-order chi connectivity index (χ0) is 16.4. The molecule has 0 aliphatic rings. The molecule has 21 heavy (non-hydrogen) atoms. The Hall–Kier alpha value is -1.06. The van der Waals surface area contributed by atoms with Gasteiger partial charge in [0.25, 0.3) is 0 Å². The highest BCUT2D eigenvalue weighted by Crippen LogP contribution is 2.28. The van der Waals surface area contributed by atoms with Gasteiger partial charge in [0.1, 0.15) is 22.1 Å². The summed E-state index contributed by atoms with van der Waals surface area (Å²) in [4.78, 5) is 10.5. The summed E-state index contributed by atoms with van der Waals surface area (Å²) in [7, 11) is -4.48. The first kappa shape index (κ1) is 18.0. The molecule has 0 spiro atoms. The minimum atomic E-state index is -4.48. The van der Waals surface area contributed by atoms with Crippen molar-refractivity contribution in [3.8, 4) is 0 Å². The van der Waals surface area contributed by atoms with Gasteiger partial charge in [0.05, 0.1) is 0 Å². The van der Waals surface area contributed by atoms with Crippen LogP contribution in [0.4, 0.5) is 8.78 Å². The molecule has 0 saturated heterocycles. The van der Waals surface area contributed by atoms with E-state index in [-0.39, 0.29) is 17.3 Å². The Labute approximate surface area is 129 Å². The SMILES string of the molecule is CCC(CC)(NS(=O)(=O)c1c(F)cc(F)cc1Br)C(=O)O. The third-order valence-electron chi connectivity index (χ3n) is 3.18. The summed E-state index contributed by atoms with van der Waals surface area (Å²) in [6, 6.07) is 1.21. The standard InChI is InChI=1S/C12H14BrF2NO4S/c1-3-12(4-2,11(17)18)16-21(19,20)10-8(13)5-7(14)6-9(10)15/h5-6,16H,3-4H2,1-2H3,(H,17,18). The molecule has 0 saturated carbocycles. The fraction of sp³-hybridized carbons (Fsp3) is 0.417. The highest BCUT2D eigenvalue weighted by Gasteiger charge is 2.40. The van der Waals surface area contributed by atoms with E-state index in [1.165, 1.54) is 13.8 Å². The Kier molecular flexibility index (Phi) is 5.46. The lowest BCUT2D eigenvalue weighted by Gasteiger charge is -2.27. The maximum atomic E-state index is 13.8. The lowest BCUT2D eigenvalue weighted by atomic mass is 9.95. The molecule has 1 rings (SSSR count). The average molecular weight is 386 g/mol. The molecule has 0 aliphatic heterocycles. The van der Waals surface area contributed by atoms with E-state index in [1.807, 2.05) is 4.72 Å². The van der Waals surface area contributed by atoms with Crippen molar-refractivity contribution >= 4 is 31.9 Å². The van der Waals surface area contributed by atoms with Gasteiger partial charge in [0, 0.05) is 10.5 Å². The summed E-state index contributed by atoms with van der Waals surface area (Å²) in [5, 5.41) is 9.22. The summed E-state index contributed by atoms with van der Waals surface area (Å²) in [5.74, 6) is -3.62. The van der Waals surface area contributed by atoms with E-state index in [2.05, 4.69) is 15.9 Å². The number of carboxylic acids is 1. The van der Waals surface area contributed by atoms with Crippen molar-refractivity contribution in [3.63, 3.8) is 0 Å². The number of sulfonamides is 1. The number of halogens is 3. The maximum absolute atomic E-state index is 13.8. The normalized spacial score (nSPS) is 12.4. The summed E-state index contributed by atoms with van der Waals surface area (Å²) in [5.41, 5.74) is -1.75. The van der Waals surface area contributed by atoms with E-state index >= 15 is 0 Å². The van der Waals surface area contributed by atoms with Crippen LogP contribution >= 0.6 is 15.9 Å². The first-order chi connectivity index (χ1) is 9.59. The summed E-state index contributed by atoms with van der Waals surface area (Å²) in [6.07, 6.45) is -0.0585. The summed E-state index contributed by atoms with van der Waals surface area (Å²) >= 11 is 2.78. The van der Waals surface area contributed by atoms with E-state index in [1.54, 1.807) is 0 Å². The average Bonchev–Trinajstić information content (AvgIpc) is 2.33. The Balaban J connectivity index is 3.40. The van der Waals surface area contributed by atoms with Crippen LogP contribution < -0.4 is 4.72 Å². The van der Waals surface area contributed by atoms with Crippen molar-refractivity contribution in [1.29, 1.82) is 0 Å². The zero-order valence-corrected chi connectivity index (χ0v) is 13.7. The molecule has 1 aromatic rings. The van der Waals surface area contributed by atoms with Gasteiger partial charge in [-0.1, -0.05) is 13.8 Å². The fourth-order valence-corrected chi connectivity index (χ4v) is 4.51. The molecular weight excluding hydrogens is 372 g/mol. The van der Waals surface area contributed by atoms with Crippen LogP contribution in [0, 0.1) is 11.6 Å². The van der Waals surface area contributed by atoms with Gasteiger partial charge in [-0.15, -0.1) is 0 Å². The Morgan fingerprint density at radius 1 is 1.33 bits per heavy atom. The second kappa shape index (κ2) is 6.37. The highest BCUT2D eigenvalue weighted by molar-refractivity contribution is 9.10. The third kappa shape index (κ3) is 3.58. The molecule has 0 atom stereocenters. The van der Waals surface area contributed by atoms with Gasteiger partial charge in [-0.05, 0) is 34.8 Å². The van der Waals surface area contributed by atoms with Crippen molar-refractivity contribution < 1.29 is 27.1 Å². The molecule has 0 fully saturated rings. The van der Waals surface area contributed by atoms with Gasteiger partial charge in [-0.2, -0.15) is 4.72 Å². The molecule has 0 unspecified atom stereocenters. The number of hydrogen-bond acceptors (Lipinski definition) is 3. The molecule has 5 nitrogen and oxygen atoms in total. The second-order valence-electron chi connectivity index (χ2n) is 4.40. The van der Waals surface area contributed by atoms with E-state index in [9.17, 15) is 27.1 Å². The minimum absolute atomic E-state index is 0.0293. The van der Waals surface area contributed by atoms with Gasteiger partial charge >= 0.3 is 5.97 Å². The molecule has 0 radical (unpaired) electrons. The zero-order valence-electron chi connectivity index (χ0n) is 11.3. The van der Waals surface area contributed by atoms with Crippen molar-refractivity contribution in [1.82, 2.24) is 4.72 Å². The van der Waals surface area contributed by atoms with Gasteiger partial charge in [-0.25, -0.2) is 17.2 Å². The van der Waals surface area contributed by atoms with Crippen molar-refractivity contribution in [2.45, 2.75) is 37.1 Å². The molecule has 0 bridgehead atoms. The van der Waals surface area contributed by atoms with Gasteiger partial charge in [0.15, 0.2) is 0 Å². The molecule has 118 valence electrons. The van der Waals surface area contributed by atoms with Gasteiger partial charge < -0.3 is 5.11 Å². The summed E-state index contributed by atoms with van der Waals surface area (Å²) < 4.78 is 53.0. The monoisotopic (exact) mass is 385 g/mol. The number of carbonyl (C=O) groups is 1. The third-order valence-corrected chi connectivity index (χ3v) is 5.68. The topological polar surface area (TPSA) is 83.5 Å². The smallest absolute Gasteiger partial charge is 0.324 e. The van der Waals surface area contributed by atoms with Gasteiger partial charge in [-0.3, -0.25) is 4.79 Å². The molecule has 0 aliphatic carbocycles. The predicted molar refractivity (Wildman–Crippen MR) is 75.3 cm³/mol. The van der Waals surface area contributed by atoms with Crippen molar-refractivity contribution in [2.75, 3.05) is 0 Å². The largest absolute Gasteiger partial charge is 0.480 e. The quantitative estimate of drug-likeness (QED) is 0.788. The van der Waals surface area contributed by atoms with Crippen LogP contribution in [0.5, 0.6) is 0 Å². The number of hydrogen-bond donors (Lipinski definition) is 2. The molecule has 0 amide bonds. The predicted octanol–water partition coefficient (Wildman–Crippen LogP) is 2.65. The van der Waals surface area contributed by atoms with Crippen LogP contribution in [0.25, 0.3) is 0 Å². The van der Waals surface area contributed by atoms with Crippen molar-refractivity contribution in [3.05, 3.63) is 28.2 Å². The number of carboxylic acid groups (broad SMARTS) is 1. The van der Waals surface area contributed by atoms with Crippen LogP contribution in [0.1, 0.15) is 26.7 Å². The highest BCUT2D eigenvalue weighted by atomic mass is 79.9. The number of nitrogens with one attached hydrogen (secondary N) is 1. The first-order valence-corrected chi connectivity index (χ1v) is 8.29. The number of rotatable bonds is 6. The number of benzene rings is 1. The van der Waals surface area contributed by atoms with Gasteiger partial charge in [0.2, 0.25) is 10.0 Å². The van der Waals surface area contributed by atoms with Crippen molar-refractivity contribution in [2.24, 2.45) is 0 Å². The molecular formula is C12H14BrF2NO4S. The van der Waals surface area contributed by atoms with E-state index in [0.717, 1.165) is 6.07 Å². The van der Waals surface area contributed by atoms with Crippen LogP contribution in [-0.4, -0.2) is 25.0 Å². The van der Waals surface area contributed by atoms with E-state index < -0.39 is 38.1 Å². The lowest BCUT2D eigenvalue weighted by Crippen LogP contribution is -2.53. The van der Waals surface area contributed by atoms with Crippen LogP contribution in [0.2, 0.25) is 0 Å². The fourth-order valence-electron chi connectivity index (χ4n) is 1.83. The van der Waals surface area contributed by atoms with Crippen LogP contribution in [0.3, 0.4) is 0 Å². The lowest BCUT2D eigenvalue weighted by molar-refractivity contribution is -0.144. The molecule has 2 N–H and O–H groups in total. The molecule has 0 heterocycles.